The Morgan fingerprint density at radius 2 is 0.737 bits per heavy atom. The van der Waals surface area contributed by atoms with Crippen LogP contribution in [-0.4, -0.2) is 131 Å². The molecule has 3 atom stereocenters. The standard InChI is InChI=1S/3C27H31N3O3/c2*1-19-4-6-21(7-5-19)16-29-27(31)14-23-9-8-22(17-28-23)25-11-10-24(15-26(25)32-3)30-12-13-33-18-20(30)2;1-19-5-4-6-21(13-19)16-29-27(31)14-23-8-7-22(17-28-23)25-10-9-24(15-26(25)32-3)30-11-12-33-18-20(30)2/h2*4-11,15,17,20H,12-14,16,18H2,1-3H3,(H,29,31);4-10,13,15,17,20H,11-12,14,16,18H2,1-3H3,(H,29,31)/t3*20-/m000/s1. The SMILES string of the molecule is COc1cc(N2CCOC[C@@H]2C)ccc1-c1ccc(CC(=O)NCc2ccc(C)cc2)nc1.COc1cc(N2CCOC[C@@H]2C)ccc1-c1ccc(CC(=O)NCc2ccc(C)cc2)nc1.COc1cc(N2CCOC[C@@H]2C)ccc1-c1ccc(CC(=O)NCc2cccc(C)c2)nc1. The van der Waals surface area contributed by atoms with Gasteiger partial charge in [-0.2, -0.15) is 0 Å². The maximum Gasteiger partial charge on any atom is 0.226 e. The van der Waals surface area contributed by atoms with E-state index in [1.807, 2.05) is 124 Å². The number of benzene rings is 6. The van der Waals surface area contributed by atoms with Gasteiger partial charge in [0.2, 0.25) is 17.7 Å². The second-order valence-corrected chi connectivity index (χ2v) is 25.4. The zero-order valence-electron chi connectivity index (χ0n) is 58.5. The first-order valence-corrected chi connectivity index (χ1v) is 34.0. The Labute approximate surface area is 583 Å². The topological polar surface area (TPSA) is 191 Å². The number of anilines is 3. The number of ether oxygens (including phenoxy) is 6. The summed E-state index contributed by atoms with van der Waals surface area (Å²) in [6.07, 6.45) is 6.15. The van der Waals surface area contributed by atoms with Gasteiger partial charge in [-0.3, -0.25) is 29.3 Å². The van der Waals surface area contributed by atoms with Gasteiger partial charge in [0, 0.05) is 162 Å². The highest BCUT2D eigenvalue weighted by atomic mass is 16.5. The highest BCUT2D eigenvalue weighted by molar-refractivity contribution is 5.81. The first kappa shape index (κ1) is 71.6. The fourth-order valence-electron chi connectivity index (χ4n) is 12.2. The fraction of sp³-hybridized carbons (Fsp3) is 0.333. The summed E-state index contributed by atoms with van der Waals surface area (Å²) in [6, 6.07) is 55.9. The highest BCUT2D eigenvalue weighted by Gasteiger charge is 2.24. The number of hydrogen-bond donors (Lipinski definition) is 3. The number of nitrogens with zero attached hydrogens (tertiary/aromatic N) is 6. The average molecular weight is 1340 g/mol. The maximum absolute atomic E-state index is 12.4. The first-order valence-electron chi connectivity index (χ1n) is 34.0. The number of morpholine rings is 3. The Morgan fingerprint density at radius 3 is 1.03 bits per heavy atom. The van der Waals surface area contributed by atoms with Gasteiger partial charge < -0.3 is 59.1 Å². The third-order valence-corrected chi connectivity index (χ3v) is 17.9. The van der Waals surface area contributed by atoms with E-state index in [1.54, 1.807) is 39.9 Å². The zero-order chi connectivity index (χ0) is 69.6. The number of hydrogen-bond acceptors (Lipinski definition) is 15. The lowest BCUT2D eigenvalue weighted by molar-refractivity contribution is -0.121. The van der Waals surface area contributed by atoms with Gasteiger partial charge in [-0.15, -0.1) is 0 Å². The van der Waals surface area contributed by atoms with Crippen LogP contribution < -0.4 is 44.9 Å². The Kier molecular flexibility index (Phi) is 25.6. The number of methoxy groups -OCH3 is 3. The van der Waals surface area contributed by atoms with Crippen LogP contribution in [0.1, 0.15) is 71.2 Å². The van der Waals surface area contributed by atoms with E-state index >= 15 is 0 Å². The average Bonchev–Trinajstić information content (AvgIpc) is 0.862. The normalized spacial score (nSPS) is 15.8. The number of aryl methyl sites for hydroxylation is 3. The lowest BCUT2D eigenvalue weighted by atomic mass is 10.0. The number of carbonyl (C=O) groups excluding carboxylic acids is 3. The molecule has 3 amide bonds. The minimum Gasteiger partial charge on any atom is -0.496 e. The van der Waals surface area contributed by atoms with Crippen molar-refractivity contribution in [1.82, 2.24) is 30.9 Å². The molecule has 0 unspecified atom stereocenters. The van der Waals surface area contributed by atoms with E-state index in [0.29, 0.717) is 37.8 Å². The van der Waals surface area contributed by atoms with E-state index in [2.05, 4.69) is 127 Å². The van der Waals surface area contributed by atoms with Gasteiger partial charge in [-0.25, -0.2) is 0 Å². The van der Waals surface area contributed by atoms with Gasteiger partial charge in [0.05, 0.1) is 80.2 Å². The molecule has 12 rings (SSSR count). The van der Waals surface area contributed by atoms with Gasteiger partial charge in [-0.1, -0.05) is 108 Å². The molecule has 0 saturated carbocycles. The minimum atomic E-state index is -0.0441. The molecule has 3 aliphatic heterocycles. The summed E-state index contributed by atoms with van der Waals surface area (Å²) in [5, 5.41) is 8.89. The number of rotatable bonds is 21. The smallest absolute Gasteiger partial charge is 0.226 e. The third-order valence-electron chi connectivity index (χ3n) is 17.9. The van der Waals surface area contributed by atoms with Crippen LogP contribution >= 0.6 is 0 Å². The summed E-state index contributed by atoms with van der Waals surface area (Å²) < 4.78 is 33.7. The molecule has 6 heterocycles. The molecule has 18 nitrogen and oxygen atoms in total. The quantitative estimate of drug-likeness (QED) is 0.0615. The van der Waals surface area contributed by atoms with Crippen LogP contribution in [0.25, 0.3) is 33.4 Å². The van der Waals surface area contributed by atoms with E-state index in [9.17, 15) is 14.4 Å². The largest absolute Gasteiger partial charge is 0.496 e. The molecule has 6 aromatic carbocycles. The van der Waals surface area contributed by atoms with Gasteiger partial charge in [0.15, 0.2) is 0 Å². The molecule has 3 fully saturated rings. The van der Waals surface area contributed by atoms with Gasteiger partial charge in [-0.05, 0) is 113 Å². The molecule has 3 aliphatic rings. The van der Waals surface area contributed by atoms with Gasteiger partial charge >= 0.3 is 0 Å². The van der Waals surface area contributed by atoms with Crippen molar-refractivity contribution in [1.29, 1.82) is 0 Å². The number of carbonyl (C=O) groups is 3. The molecule has 3 saturated heterocycles. The summed E-state index contributed by atoms with van der Waals surface area (Å²) in [5.74, 6) is 2.28. The molecule has 0 radical (unpaired) electrons. The number of aromatic nitrogens is 3. The van der Waals surface area contributed by atoms with Crippen LogP contribution in [0.15, 0.2) is 182 Å². The van der Waals surface area contributed by atoms with Crippen LogP contribution in [-0.2, 0) is 67.5 Å². The van der Waals surface area contributed by atoms with Crippen LogP contribution in [0.4, 0.5) is 17.1 Å². The van der Waals surface area contributed by atoms with E-state index in [4.69, 9.17) is 28.4 Å². The van der Waals surface area contributed by atoms with E-state index in [-0.39, 0.29) is 37.0 Å². The molecule has 18 heteroatoms. The molecule has 99 heavy (non-hydrogen) atoms. The molecular weight excluding hydrogens is 1240 g/mol. The summed E-state index contributed by atoms with van der Waals surface area (Å²) in [6.45, 7) is 21.2. The van der Waals surface area contributed by atoms with Crippen LogP contribution in [0.5, 0.6) is 17.2 Å². The predicted octanol–water partition coefficient (Wildman–Crippen LogP) is 12.4. The maximum atomic E-state index is 12.4. The molecule has 3 N–H and O–H groups in total. The van der Waals surface area contributed by atoms with E-state index < -0.39 is 0 Å². The highest BCUT2D eigenvalue weighted by Crippen LogP contribution is 2.38. The van der Waals surface area contributed by atoms with Crippen LogP contribution in [0.3, 0.4) is 0 Å². The Morgan fingerprint density at radius 1 is 0.404 bits per heavy atom. The minimum absolute atomic E-state index is 0.0432. The second-order valence-electron chi connectivity index (χ2n) is 25.4. The van der Waals surface area contributed by atoms with Gasteiger partial charge in [0.25, 0.3) is 0 Å². The van der Waals surface area contributed by atoms with Crippen molar-refractivity contribution in [3.63, 3.8) is 0 Å². The van der Waals surface area contributed by atoms with Crippen LogP contribution in [0, 0.1) is 20.8 Å². The Hall–Kier alpha value is -10.1. The lowest BCUT2D eigenvalue weighted by Crippen LogP contribution is -2.43. The first-order chi connectivity index (χ1) is 48.1. The third kappa shape index (κ3) is 20.2. The second kappa shape index (κ2) is 35.4. The van der Waals surface area contributed by atoms with Crippen molar-refractivity contribution in [3.05, 3.63) is 233 Å². The number of amides is 3. The molecule has 3 aromatic heterocycles. The van der Waals surface area contributed by atoms with Crippen LogP contribution in [0.2, 0.25) is 0 Å². The summed E-state index contributed by atoms with van der Waals surface area (Å²) in [4.78, 5) is 57.6. The molecule has 0 aliphatic carbocycles. The molecule has 0 spiro atoms. The predicted molar refractivity (Wildman–Crippen MR) is 392 cm³/mol. The fourth-order valence-corrected chi connectivity index (χ4v) is 12.2. The molecule has 0 bridgehead atoms. The van der Waals surface area contributed by atoms with E-state index in [0.717, 1.165) is 161 Å². The lowest BCUT2D eigenvalue weighted by Gasteiger charge is -2.35. The number of nitrogens with one attached hydrogen (secondary N) is 3. The van der Waals surface area contributed by atoms with Gasteiger partial charge in [0.1, 0.15) is 17.2 Å². The van der Waals surface area contributed by atoms with E-state index in [1.165, 1.54) is 16.7 Å². The van der Waals surface area contributed by atoms with Crippen molar-refractivity contribution < 1.29 is 42.8 Å². The molecule has 9 aromatic rings. The number of pyridine rings is 3. The Balaban J connectivity index is 0.000000161. The van der Waals surface area contributed by atoms with Crippen molar-refractivity contribution in [3.8, 4) is 50.6 Å². The summed E-state index contributed by atoms with van der Waals surface area (Å²) in [7, 11) is 5.06. The molecular formula is C81H93N9O9. The monoisotopic (exact) mass is 1340 g/mol. The zero-order valence-corrected chi connectivity index (χ0v) is 58.5. The Bertz CT molecular complexity index is 3920. The van der Waals surface area contributed by atoms with Crippen molar-refractivity contribution in [2.75, 3.05) is 95.3 Å². The molecule has 516 valence electrons. The van der Waals surface area contributed by atoms with Crippen molar-refractivity contribution in [2.45, 2.75) is 98.6 Å². The van der Waals surface area contributed by atoms with Crippen molar-refractivity contribution >= 4 is 34.8 Å². The summed E-state index contributed by atoms with van der Waals surface area (Å²) >= 11 is 0. The summed E-state index contributed by atoms with van der Waals surface area (Å²) in [5.41, 5.74) is 18.2. The van der Waals surface area contributed by atoms with Crippen molar-refractivity contribution in [2.24, 2.45) is 0 Å².